The predicted octanol–water partition coefficient (Wildman–Crippen LogP) is 3.53. The van der Waals surface area contributed by atoms with Crippen LogP contribution in [0.1, 0.15) is 34.5 Å². The van der Waals surface area contributed by atoms with E-state index in [-0.39, 0.29) is 5.84 Å². The van der Waals surface area contributed by atoms with Crippen LogP contribution in [0.2, 0.25) is 0 Å². The summed E-state index contributed by atoms with van der Waals surface area (Å²) in [7, 11) is 2.14. The lowest BCUT2D eigenvalue weighted by molar-refractivity contribution is 0.256. The Balaban J connectivity index is 2.11. The molecule has 1 unspecified atom stereocenters. The van der Waals surface area contributed by atoms with Gasteiger partial charge in [-0.05, 0) is 49.5 Å². The molecule has 1 aromatic carbocycles. The summed E-state index contributed by atoms with van der Waals surface area (Å²) in [6, 6.07) is 10.7. The third-order valence-corrected chi connectivity index (χ3v) is 4.73. The van der Waals surface area contributed by atoms with E-state index < -0.39 is 0 Å². The van der Waals surface area contributed by atoms with Crippen molar-refractivity contribution in [1.29, 1.82) is 5.41 Å². The van der Waals surface area contributed by atoms with Gasteiger partial charge in [-0.3, -0.25) is 10.3 Å². The minimum Gasteiger partial charge on any atom is -0.384 e. The first kappa shape index (κ1) is 14.8. The molecule has 0 saturated carbocycles. The molecule has 4 heteroatoms. The second kappa shape index (κ2) is 6.20. The summed E-state index contributed by atoms with van der Waals surface area (Å²) in [4.78, 5) is 3.72. The normalized spacial score (nSPS) is 12.6. The Morgan fingerprint density at radius 3 is 2.70 bits per heavy atom. The Morgan fingerprint density at radius 1 is 1.40 bits per heavy atom. The van der Waals surface area contributed by atoms with Gasteiger partial charge in [-0.1, -0.05) is 18.2 Å². The van der Waals surface area contributed by atoms with E-state index in [1.165, 1.54) is 16.0 Å². The number of aryl methyl sites for hydroxylation is 1. The van der Waals surface area contributed by atoms with E-state index >= 15 is 0 Å². The maximum absolute atomic E-state index is 7.48. The van der Waals surface area contributed by atoms with Crippen molar-refractivity contribution in [3.63, 3.8) is 0 Å². The number of rotatable bonds is 5. The lowest BCUT2D eigenvalue weighted by atomic mass is 10.0. The molecule has 1 heterocycles. The largest absolute Gasteiger partial charge is 0.384 e. The Labute approximate surface area is 124 Å². The molecule has 0 saturated heterocycles. The first-order valence-electron chi connectivity index (χ1n) is 6.66. The van der Waals surface area contributed by atoms with Crippen LogP contribution in [0.15, 0.2) is 35.7 Å². The second-order valence-electron chi connectivity index (χ2n) is 5.16. The van der Waals surface area contributed by atoms with E-state index in [9.17, 15) is 0 Å². The van der Waals surface area contributed by atoms with Gasteiger partial charge >= 0.3 is 0 Å². The van der Waals surface area contributed by atoms with E-state index in [1.807, 2.05) is 12.1 Å². The molecule has 1 atom stereocenters. The zero-order valence-electron chi connectivity index (χ0n) is 12.2. The van der Waals surface area contributed by atoms with Crippen LogP contribution >= 0.6 is 11.3 Å². The average molecular weight is 287 g/mol. The first-order chi connectivity index (χ1) is 9.49. The molecule has 3 N–H and O–H groups in total. The maximum atomic E-state index is 7.48. The van der Waals surface area contributed by atoms with Gasteiger partial charge in [0.15, 0.2) is 0 Å². The van der Waals surface area contributed by atoms with E-state index in [0.717, 1.165) is 12.1 Å². The average Bonchev–Trinajstić information content (AvgIpc) is 2.93. The van der Waals surface area contributed by atoms with Crippen LogP contribution in [0.5, 0.6) is 0 Å². The standard InChI is InChI=1S/C16H21N3S/c1-11-9-13(16(17)18)6-7-14(11)10-19(3)12(2)15-5-4-8-20-15/h4-9,12H,10H2,1-3H3,(H3,17,18). The highest BCUT2D eigenvalue weighted by atomic mass is 32.1. The second-order valence-corrected chi connectivity index (χ2v) is 6.14. The van der Waals surface area contributed by atoms with Crippen molar-refractivity contribution in [2.75, 3.05) is 7.05 Å². The molecular formula is C16H21N3S. The van der Waals surface area contributed by atoms with Gasteiger partial charge in [-0.15, -0.1) is 11.3 Å². The molecule has 0 aliphatic rings. The Bertz CT molecular complexity index is 590. The van der Waals surface area contributed by atoms with Gasteiger partial charge in [0, 0.05) is 23.0 Å². The monoisotopic (exact) mass is 287 g/mol. The highest BCUT2D eigenvalue weighted by Crippen LogP contribution is 2.25. The molecule has 20 heavy (non-hydrogen) atoms. The van der Waals surface area contributed by atoms with Gasteiger partial charge in [0.1, 0.15) is 5.84 Å². The summed E-state index contributed by atoms with van der Waals surface area (Å²) in [5.74, 6) is 0.125. The summed E-state index contributed by atoms with van der Waals surface area (Å²) in [6.07, 6.45) is 0. The predicted molar refractivity (Wildman–Crippen MR) is 86.4 cm³/mol. The van der Waals surface area contributed by atoms with E-state index in [4.69, 9.17) is 11.1 Å². The zero-order chi connectivity index (χ0) is 14.7. The number of hydrogen-bond donors (Lipinski definition) is 2. The van der Waals surface area contributed by atoms with Crippen molar-refractivity contribution in [3.05, 3.63) is 57.3 Å². The molecule has 1 aromatic heterocycles. The van der Waals surface area contributed by atoms with Crippen molar-refractivity contribution in [3.8, 4) is 0 Å². The first-order valence-corrected chi connectivity index (χ1v) is 7.54. The molecule has 0 bridgehead atoms. The molecule has 3 nitrogen and oxygen atoms in total. The number of benzene rings is 1. The van der Waals surface area contributed by atoms with Crippen LogP contribution in [0, 0.1) is 12.3 Å². The lowest BCUT2D eigenvalue weighted by Crippen LogP contribution is -2.22. The maximum Gasteiger partial charge on any atom is 0.122 e. The van der Waals surface area contributed by atoms with E-state index in [0.29, 0.717) is 6.04 Å². The van der Waals surface area contributed by atoms with Crippen LogP contribution in [-0.4, -0.2) is 17.8 Å². The molecule has 2 rings (SSSR count). The molecule has 0 spiro atoms. The van der Waals surface area contributed by atoms with Crippen LogP contribution in [-0.2, 0) is 6.54 Å². The van der Waals surface area contributed by atoms with Gasteiger partial charge in [0.25, 0.3) is 0 Å². The van der Waals surface area contributed by atoms with Gasteiger partial charge in [0.05, 0.1) is 0 Å². The van der Waals surface area contributed by atoms with Crippen molar-refractivity contribution < 1.29 is 0 Å². The number of nitrogen functional groups attached to an aromatic ring is 1. The van der Waals surface area contributed by atoms with Crippen molar-refractivity contribution in [1.82, 2.24) is 4.90 Å². The summed E-state index contributed by atoms with van der Waals surface area (Å²) >= 11 is 1.79. The zero-order valence-corrected chi connectivity index (χ0v) is 13.0. The highest BCUT2D eigenvalue weighted by molar-refractivity contribution is 7.10. The Kier molecular flexibility index (Phi) is 4.57. The van der Waals surface area contributed by atoms with E-state index in [1.54, 1.807) is 11.3 Å². The molecule has 0 fully saturated rings. The SMILES string of the molecule is Cc1cc(C(=N)N)ccc1CN(C)C(C)c1cccs1. The van der Waals surface area contributed by atoms with Crippen molar-refractivity contribution >= 4 is 17.2 Å². The highest BCUT2D eigenvalue weighted by Gasteiger charge is 2.14. The van der Waals surface area contributed by atoms with Gasteiger partial charge in [-0.2, -0.15) is 0 Å². The molecular weight excluding hydrogens is 266 g/mol. The smallest absolute Gasteiger partial charge is 0.122 e. The third-order valence-electron chi connectivity index (χ3n) is 3.69. The minimum absolute atomic E-state index is 0.125. The summed E-state index contributed by atoms with van der Waals surface area (Å²) in [5.41, 5.74) is 8.77. The molecule has 106 valence electrons. The third kappa shape index (κ3) is 3.26. The Morgan fingerprint density at radius 2 is 2.15 bits per heavy atom. The molecule has 0 aliphatic carbocycles. The fourth-order valence-electron chi connectivity index (χ4n) is 2.19. The topological polar surface area (TPSA) is 53.1 Å². The van der Waals surface area contributed by atoms with Crippen molar-refractivity contribution in [2.24, 2.45) is 5.73 Å². The molecule has 2 aromatic rings. The minimum atomic E-state index is 0.125. The van der Waals surface area contributed by atoms with Crippen LogP contribution in [0.4, 0.5) is 0 Å². The summed E-state index contributed by atoms with van der Waals surface area (Å²) in [6.45, 7) is 5.19. The van der Waals surface area contributed by atoms with Gasteiger partial charge in [0.2, 0.25) is 0 Å². The number of nitrogens with zero attached hydrogens (tertiary/aromatic N) is 1. The number of amidine groups is 1. The van der Waals surface area contributed by atoms with Gasteiger partial charge < -0.3 is 5.73 Å². The van der Waals surface area contributed by atoms with E-state index in [2.05, 4.69) is 49.4 Å². The van der Waals surface area contributed by atoms with Crippen LogP contribution in [0.25, 0.3) is 0 Å². The Hall–Kier alpha value is -1.65. The number of nitrogens with two attached hydrogens (primary N) is 1. The van der Waals surface area contributed by atoms with Crippen LogP contribution in [0.3, 0.4) is 0 Å². The molecule has 0 radical (unpaired) electrons. The number of thiophene rings is 1. The molecule has 0 aliphatic heterocycles. The fourth-order valence-corrected chi connectivity index (χ4v) is 3.04. The van der Waals surface area contributed by atoms with Crippen LogP contribution < -0.4 is 5.73 Å². The number of hydrogen-bond acceptors (Lipinski definition) is 3. The number of nitrogens with one attached hydrogen (secondary N) is 1. The quantitative estimate of drug-likeness (QED) is 0.653. The lowest BCUT2D eigenvalue weighted by Gasteiger charge is -2.24. The van der Waals surface area contributed by atoms with Crippen molar-refractivity contribution in [2.45, 2.75) is 26.4 Å². The summed E-state index contributed by atoms with van der Waals surface area (Å²) < 4.78 is 0. The molecule has 0 amide bonds. The fraction of sp³-hybridized carbons (Fsp3) is 0.312. The summed E-state index contributed by atoms with van der Waals surface area (Å²) in [5, 5.41) is 9.59. The van der Waals surface area contributed by atoms with Gasteiger partial charge in [-0.25, -0.2) is 0 Å².